The van der Waals surface area contributed by atoms with Gasteiger partial charge >= 0.3 is 0 Å². The van der Waals surface area contributed by atoms with E-state index in [9.17, 15) is 4.79 Å². The van der Waals surface area contributed by atoms with Crippen LogP contribution in [0, 0.1) is 0 Å². The van der Waals surface area contributed by atoms with Crippen molar-refractivity contribution in [2.75, 3.05) is 39.9 Å². The van der Waals surface area contributed by atoms with E-state index in [1.165, 1.54) is 0 Å². The number of nitrogens with zero attached hydrogens (tertiary/aromatic N) is 2. The molecule has 116 valence electrons. The molecular weight excluding hydrogens is 270 g/mol. The minimum absolute atomic E-state index is 0.133. The molecule has 0 saturated carbocycles. The first-order valence-corrected chi connectivity index (χ1v) is 6.97. The number of hydrogen-bond acceptors (Lipinski definition) is 4. The van der Waals surface area contributed by atoms with E-state index in [0.717, 1.165) is 6.54 Å². The quantitative estimate of drug-likeness (QED) is 0.357. The molecule has 0 aliphatic carbocycles. The van der Waals surface area contributed by atoms with Crippen molar-refractivity contribution in [1.82, 2.24) is 20.9 Å². The highest BCUT2D eigenvalue weighted by Gasteiger charge is 2.03. The second-order valence-corrected chi connectivity index (χ2v) is 4.18. The molecular formula is C14H23N5O2. The number of hydrogen-bond donors (Lipinski definition) is 3. The first-order valence-electron chi connectivity index (χ1n) is 6.97. The summed E-state index contributed by atoms with van der Waals surface area (Å²) >= 11 is 0. The topological polar surface area (TPSA) is 87.6 Å². The zero-order valence-electron chi connectivity index (χ0n) is 12.6. The normalized spacial score (nSPS) is 11.0. The standard InChI is InChI=1S/C14H23N5O2/c1-3-16-14(19-9-10-21-2)18-8-7-17-13(20)12-5-4-6-15-11-12/h4-6,11H,3,7-10H2,1-2H3,(H,17,20)(H2,16,18,19). The Kier molecular flexibility index (Phi) is 8.54. The van der Waals surface area contributed by atoms with Crippen molar-refractivity contribution in [3.63, 3.8) is 0 Å². The third kappa shape index (κ3) is 7.26. The number of carbonyl (C=O) groups is 1. The average Bonchev–Trinajstić information content (AvgIpc) is 2.52. The predicted molar refractivity (Wildman–Crippen MR) is 82.4 cm³/mol. The Morgan fingerprint density at radius 2 is 2.14 bits per heavy atom. The van der Waals surface area contributed by atoms with Crippen molar-refractivity contribution in [2.45, 2.75) is 6.92 Å². The van der Waals surface area contributed by atoms with E-state index in [0.29, 0.717) is 37.8 Å². The van der Waals surface area contributed by atoms with Crippen molar-refractivity contribution in [1.29, 1.82) is 0 Å². The molecule has 0 fully saturated rings. The molecule has 1 aromatic heterocycles. The summed E-state index contributed by atoms with van der Waals surface area (Å²) < 4.78 is 4.95. The molecule has 0 saturated heterocycles. The molecule has 1 amide bonds. The molecule has 0 radical (unpaired) electrons. The number of guanidine groups is 1. The second kappa shape index (κ2) is 10.6. The van der Waals surface area contributed by atoms with E-state index in [4.69, 9.17) is 4.74 Å². The highest BCUT2D eigenvalue weighted by atomic mass is 16.5. The first-order chi connectivity index (χ1) is 10.3. The minimum Gasteiger partial charge on any atom is -0.383 e. The van der Waals surface area contributed by atoms with E-state index in [-0.39, 0.29) is 5.91 Å². The monoisotopic (exact) mass is 293 g/mol. The van der Waals surface area contributed by atoms with Gasteiger partial charge in [-0.2, -0.15) is 0 Å². The molecule has 3 N–H and O–H groups in total. The fourth-order valence-electron chi connectivity index (χ4n) is 1.55. The van der Waals surface area contributed by atoms with Crippen LogP contribution in [0.3, 0.4) is 0 Å². The van der Waals surface area contributed by atoms with Crippen LogP contribution in [0.2, 0.25) is 0 Å². The van der Waals surface area contributed by atoms with Crippen LogP contribution in [0.4, 0.5) is 0 Å². The van der Waals surface area contributed by atoms with Crippen LogP contribution in [-0.2, 0) is 4.74 Å². The summed E-state index contributed by atoms with van der Waals surface area (Å²) in [5, 5.41) is 9.08. The molecule has 1 aromatic rings. The van der Waals surface area contributed by atoms with Gasteiger partial charge in [0.2, 0.25) is 0 Å². The Morgan fingerprint density at radius 3 is 2.81 bits per heavy atom. The van der Waals surface area contributed by atoms with E-state index in [2.05, 4.69) is 25.9 Å². The molecule has 0 spiro atoms. The van der Waals surface area contributed by atoms with Crippen molar-refractivity contribution >= 4 is 11.9 Å². The molecule has 0 atom stereocenters. The van der Waals surface area contributed by atoms with Gasteiger partial charge in [-0.05, 0) is 19.1 Å². The Bertz CT molecular complexity index is 436. The molecule has 21 heavy (non-hydrogen) atoms. The lowest BCUT2D eigenvalue weighted by Crippen LogP contribution is -2.41. The van der Waals surface area contributed by atoms with Crippen LogP contribution in [0.1, 0.15) is 17.3 Å². The summed E-state index contributed by atoms with van der Waals surface area (Å²) in [5.41, 5.74) is 0.554. The zero-order chi connectivity index (χ0) is 15.3. The number of rotatable bonds is 8. The second-order valence-electron chi connectivity index (χ2n) is 4.18. The highest BCUT2D eigenvalue weighted by Crippen LogP contribution is 1.94. The van der Waals surface area contributed by atoms with Crippen molar-refractivity contribution in [2.24, 2.45) is 4.99 Å². The number of pyridine rings is 1. The third-order valence-electron chi connectivity index (χ3n) is 2.54. The maximum absolute atomic E-state index is 11.8. The minimum atomic E-state index is -0.133. The van der Waals surface area contributed by atoms with Crippen LogP contribution < -0.4 is 16.0 Å². The number of amides is 1. The van der Waals surface area contributed by atoms with E-state index < -0.39 is 0 Å². The van der Waals surface area contributed by atoms with Crippen LogP contribution in [0.25, 0.3) is 0 Å². The number of nitrogens with one attached hydrogen (secondary N) is 3. The van der Waals surface area contributed by atoms with Gasteiger partial charge in [-0.1, -0.05) is 0 Å². The lowest BCUT2D eigenvalue weighted by Gasteiger charge is -2.11. The largest absolute Gasteiger partial charge is 0.383 e. The number of aromatic nitrogens is 1. The van der Waals surface area contributed by atoms with Gasteiger partial charge in [0.1, 0.15) is 0 Å². The Hall–Kier alpha value is -2.15. The van der Waals surface area contributed by atoms with E-state index in [1.54, 1.807) is 31.6 Å². The van der Waals surface area contributed by atoms with Gasteiger partial charge in [-0.3, -0.25) is 14.8 Å². The molecule has 7 heteroatoms. The Labute approximate surface area is 125 Å². The molecule has 7 nitrogen and oxygen atoms in total. The summed E-state index contributed by atoms with van der Waals surface area (Å²) in [5.74, 6) is 0.580. The first kappa shape index (κ1) is 16.9. The smallest absolute Gasteiger partial charge is 0.252 e. The van der Waals surface area contributed by atoms with Crippen molar-refractivity contribution in [3.05, 3.63) is 30.1 Å². The fourth-order valence-corrected chi connectivity index (χ4v) is 1.55. The average molecular weight is 293 g/mol. The highest BCUT2D eigenvalue weighted by molar-refractivity contribution is 5.93. The van der Waals surface area contributed by atoms with E-state index in [1.807, 2.05) is 6.92 Å². The molecule has 0 aromatic carbocycles. The summed E-state index contributed by atoms with van der Waals surface area (Å²) in [6, 6.07) is 3.46. The number of carbonyl (C=O) groups excluding carboxylic acids is 1. The van der Waals surface area contributed by atoms with E-state index >= 15 is 0 Å². The Balaban J connectivity index is 2.27. The Morgan fingerprint density at radius 1 is 1.33 bits per heavy atom. The van der Waals surface area contributed by atoms with Gasteiger partial charge in [0.05, 0.1) is 18.7 Å². The summed E-state index contributed by atoms with van der Waals surface area (Å²) in [7, 11) is 1.64. The van der Waals surface area contributed by atoms with Gasteiger partial charge in [0.15, 0.2) is 5.96 Å². The fraction of sp³-hybridized carbons (Fsp3) is 0.500. The summed E-state index contributed by atoms with van der Waals surface area (Å²) in [4.78, 5) is 20.0. The zero-order valence-corrected chi connectivity index (χ0v) is 12.6. The molecule has 1 heterocycles. The number of ether oxygens (including phenoxy) is 1. The van der Waals surface area contributed by atoms with Crippen LogP contribution >= 0.6 is 0 Å². The molecule has 0 unspecified atom stereocenters. The molecule has 0 aliphatic rings. The van der Waals surface area contributed by atoms with Gasteiger partial charge in [0, 0.05) is 39.1 Å². The maximum Gasteiger partial charge on any atom is 0.252 e. The lowest BCUT2D eigenvalue weighted by molar-refractivity contribution is 0.0954. The summed E-state index contributed by atoms with van der Waals surface area (Å²) in [6.07, 6.45) is 3.18. The van der Waals surface area contributed by atoms with Crippen molar-refractivity contribution < 1.29 is 9.53 Å². The molecule has 0 bridgehead atoms. The van der Waals surface area contributed by atoms with Crippen LogP contribution in [-0.4, -0.2) is 56.7 Å². The number of methoxy groups -OCH3 is 1. The summed E-state index contributed by atoms with van der Waals surface area (Å²) in [6.45, 7) is 5.04. The van der Waals surface area contributed by atoms with Gasteiger partial charge < -0.3 is 20.7 Å². The molecule has 0 aliphatic heterocycles. The van der Waals surface area contributed by atoms with Crippen LogP contribution in [0.15, 0.2) is 29.5 Å². The van der Waals surface area contributed by atoms with Gasteiger partial charge in [0.25, 0.3) is 5.91 Å². The maximum atomic E-state index is 11.8. The predicted octanol–water partition coefficient (Wildman–Crippen LogP) is 0.0129. The van der Waals surface area contributed by atoms with Gasteiger partial charge in [-0.25, -0.2) is 0 Å². The lowest BCUT2D eigenvalue weighted by atomic mass is 10.3. The number of aliphatic imine (C=N–C) groups is 1. The van der Waals surface area contributed by atoms with Crippen LogP contribution in [0.5, 0.6) is 0 Å². The van der Waals surface area contributed by atoms with Crippen molar-refractivity contribution in [3.8, 4) is 0 Å². The third-order valence-corrected chi connectivity index (χ3v) is 2.54. The van der Waals surface area contributed by atoms with Gasteiger partial charge in [-0.15, -0.1) is 0 Å². The molecule has 1 rings (SSSR count). The SMILES string of the molecule is CCNC(=NCCOC)NCCNC(=O)c1cccnc1.